The van der Waals surface area contributed by atoms with E-state index in [0.717, 1.165) is 12.2 Å². The quantitative estimate of drug-likeness (QED) is 0.910. The maximum absolute atomic E-state index is 12.7. The molecule has 1 aliphatic heterocycles. The molecule has 2 aromatic heterocycles. The summed E-state index contributed by atoms with van der Waals surface area (Å²) in [4.78, 5) is 34.7. The molecule has 7 nitrogen and oxygen atoms in total. The summed E-state index contributed by atoms with van der Waals surface area (Å²) in [6.45, 7) is 2.87. The third-order valence-electron chi connectivity index (χ3n) is 4.25. The summed E-state index contributed by atoms with van der Waals surface area (Å²) in [5, 5.41) is 0. The molecule has 0 unspecified atom stereocenters. The Morgan fingerprint density at radius 1 is 1.36 bits per heavy atom. The van der Waals surface area contributed by atoms with Crippen LogP contribution in [0.2, 0.25) is 0 Å². The van der Waals surface area contributed by atoms with E-state index in [-0.39, 0.29) is 17.6 Å². The molecular weight excluding hydrogens is 320 g/mol. The molecule has 2 aromatic rings. The van der Waals surface area contributed by atoms with Gasteiger partial charge in [0.2, 0.25) is 5.56 Å². The van der Waals surface area contributed by atoms with Crippen LogP contribution < -0.4 is 15.2 Å². The normalized spacial score (nSPS) is 16.8. The van der Waals surface area contributed by atoms with Crippen LogP contribution in [0, 0.1) is 6.92 Å². The molecule has 0 spiro atoms. The molecule has 1 saturated heterocycles. The van der Waals surface area contributed by atoms with Crippen LogP contribution in [-0.2, 0) is 0 Å². The summed E-state index contributed by atoms with van der Waals surface area (Å²) >= 11 is 0. The van der Waals surface area contributed by atoms with Crippen molar-refractivity contribution >= 4 is 11.7 Å². The average Bonchev–Trinajstić information content (AvgIpc) is 3.03. The average molecular weight is 342 g/mol. The van der Waals surface area contributed by atoms with Crippen LogP contribution in [0.5, 0.6) is 5.75 Å². The van der Waals surface area contributed by atoms with Gasteiger partial charge in [-0.15, -0.1) is 0 Å². The molecule has 25 heavy (non-hydrogen) atoms. The molecular formula is C18H22N4O3. The summed E-state index contributed by atoms with van der Waals surface area (Å²) in [6, 6.07) is 6.68. The molecule has 1 N–H and O–H groups in total. The minimum absolute atomic E-state index is 0.0742. The summed E-state index contributed by atoms with van der Waals surface area (Å²) in [6.07, 6.45) is 2.41. The Bertz CT molecular complexity index is 831. The predicted molar refractivity (Wildman–Crippen MR) is 95.3 cm³/mol. The number of ether oxygens (including phenoxy) is 1. The fourth-order valence-corrected chi connectivity index (χ4v) is 2.98. The fourth-order valence-electron chi connectivity index (χ4n) is 2.98. The topological polar surface area (TPSA) is 78.5 Å². The molecule has 0 bridgehead atoms. The Labute approximate surface area is 146 Å². The van der Waals surface area contributed by atoms with Gasteiger partial charge in [0.1, 0.15) is 6.10 Å². The number of hydrogen-bond acceptors (Lipinski definition) is 5. The number of carbonyl (C=O) groups excluding carboxylic acids is 1. The molecule has 1 aliphatic rings. The number of rotatable bonds is 4. The number of nitrogens with zero attached hydrogens (tertiary/aromatic N) is 3. The zero-order valence-corrected chi connectivity index (χ0v) is 14.7. The minimum atomic E-state index is -0.204. The van der Waals surface area contributed by atoms with Crippen molar-refractivity contribution in [3.63, 3.8) is 0 Å². The van der Waals surface area contributed by atoms with E-state index in [1.165, 1.54) is 6.07 Å². The van der Waals surface area contributed by atoms with Crippen molar-refractivity contribution in [2.24, 2.45) is 0 Å². The van der Waals surface area contributed by atoms with Crippen LogP contribution in [0.3, 0.4) is 0 Å². The van der Waals surface area contributed by atoms with Gasteiger partial charge >= 0.3 is 0 Å². The number of hydrogen-bond donors (Lipinski definition) is 1. The molecule has 0 aliphatic carbocycles. The van der Waals surface area contributed by atoms with Crippen molar-refractivity contribution in [1.82, 2.24) is 14.9 Å². The van der Waals surface area contributed by atoms with Crippen LogP contribution in [-0.4, -0.2) is 54.1 Å². The van der Waals surface area contributed by atoms with Gasteiger partial charge in [-0.25, -0.2) is 4.98 Å². The van der Waals surface area contributed by atoms with E-state index in [1.807, 2.05) is 31.1 Å². The fraction of sp³-hybridized carbons (Fsp3) is 0.389. The van der Waals surface area contributed by atoms with Crippen molar-refractivity contribution < 1.29 is 9.53 Å². The smallest absolute Gasteiger partial charge is 0.255 e. The molecule has 0 aromatic carbocycles. The maximum Gasteiger partial charge on any atom is 0.255 e. The number of likely N-dealkylation sites (tertiary alicyclic amines) is 1. The number of aromatic nitrogens is 2. The van der Waals surface area contributed by atoms with E-state index in [2.05, 4.69) is 9.97 Å². The molecule has 7 heteroatoms. The van der Waals surface area contributed by atoms with Crippen LogP contribution in [0.25, 0.3) is 0 Å². The first-order valence-corrected chi connectivity index (χ1v) is 8.24. The number of H-pyrrole nitrogens is 1. The number of aromatic amines is 1. The Morgan fingerprint density at radius 2 is 2.16 bits per heavy atom. The second kappa shape index (κ2) is 6.96. The lowest BCUT2D eigenvalue weighted by atomic mass is 10.2. The zero-order valence-electron chi connectivity index (χ0n) is 14.7. The summed E-state index contributed by atoms with van der Waals surface area (Å²) in [5.74, 6) is 1.40. The molecule has 0 radical (unpaired) electrons. The first kappa shape index (κ1) is 17.0. The first-order valence-electron chi connectivity index (χ1n) is 8.24. The van der Waals surface area contributed by atoms with Crippen LogP contribution >= 0.6 is 0 Å². The molecule has 1 fully saturated rings. The van der Waals surface area contributed by atoms with Gasteiger partial charge in [0, 0.05) is 45.0 Å². The second-order valence-electron chi connectivity index (χ2n) is 6.36. The van der Waals surface area contributed by atoms with E-state index in [4.69, 9.17) is 4.74 Å². The SMILES string of the molecule is Cc1[nH]c(=O)ccc1C(=O)N1CC[C@@H](Oc2cccnc2N(C)C)C1. The lowest BCUT2D eigenvalue weighted by Gasteiger charge is -2.20. The van der Waals surface area contributed by atoms with E-state index in [1.54, 1.807) is 24.1 Å². The predicted octanol–water partition coefficient (Wildman–Crippen LogP) is 1.44. The van der Waals surface area contributed by atoms with Crippen LogP contribution in [0.1, 0.15) is 22.5 Å². The van der Waals surface area contributed by atoms with Gasteiger partial charge in [0.25, 0.3) is 5.91 Å². The number of amides is 1. The molecule has 1 amide bonds. The lowest BCUT2D eigenvalue weighted by Crippen LogP contribution is -2.32. The monoisotopic (exact) mass is 342 g/mol. The highest BCUT2D eigenvalue weighted by molar-refractivity contribution is 5.95. The van der Waals surface area contributed by atoms with Crippen LogP contribution in [0.15, 0.2) is 35.3 Å². The van der Waals surface area contributed by atoms with Gasteiger partial charge < -0.3 is 19.5 Å². The maximum atomic E-state index is 12.7. The highest BCUT2D eigenvalue weighted by atomic mass is 16.5. The summed E-state index contributed by atoms with van der Waals surface area (Å²) in [7, 11) is 3.83. The third-order valence-corrected chi connectivity index (χ3v) is 4.25. The number of pyridine rings is 2. The minimum Gasteiger partial charge on any atom is -0.485 e. The van der Waals surface area contributed by atoms with Crippen molar-refractivity contribution in [2.45, 2.75) is 19.4 Å². The molecule has 3 rings (SSSR count). The van der Waals surface area contributed by atoms with Crippen molar-refractivity contribution in [3.8, 4) is 5.75 Å². The van der Waals surface area contributed by atoms with Crippen molar-refractivity contribution in [1.29, 1.82) is 0 Å². The van der Waals surface area contributed by atoms with Gasteiger partial charge in [0.05, 0.1) is 12.1 Å². The standard InChI is InChI=1S/C18H22N4O3/c1-12-14(6-7-16(23)20-12)18(24)22-10-8-13(11-22)25-15-5-4-9-19-17(15)21(2)3/h4-7,9,13H,8,10-11H2,1-3H3,(H,20,23)/t13-/m1/s1. The van der Waals surface area contributed by atoms with Gasteiger partial charge in [-0.1, -0.05) is 0 Å². The van der Waals surface area contributed by atoms with Gasteiger partial charge in [-0.2, -0.15) is 0 Å². The Kier molecular flexibility index (Phi) is 4.74. The third kappa shape index (κ3) is 3.65. The highest BCUT2D eigenvalue weighted by Crippen LogP contribution is 2.27. The first-order chi connectivity index (χ1) is 12.0. The Hall–Kier alpha value is -2.83. The Morgan fingerprint density at radius 3 is 2.88 bits per heavy atom. The molecule has 132 valence electrons. The molecule has 0 saturated carbocycles. The van der Waals surface area contributed by atoms with E-state index in [0.29, 0.717) is 30.1 Å². The number of nitrogens with one attached hydrogen (secondary N) is 1. The van der Waals surface area contributed by atoms with Crippen molar-refractivity contribution in [3.05, 3.63) is 52.1 Å². The largest absolute Gasteiger partial charge is 0.485 e. The van der Waals surface area contributed by atoms with Gasteiger partial charge in [-0.05, 0) is 25.1 Å². The van der Waals surface area contributed by atoms with E-state index < -0.39 is 0 Å². The summed E-state index contributed by atoms with van der Waals surface area (Å²) in [5.41, 5.74) is 0.907. The van der Waals surface area contributed by atoms with Gasteiger partial charge in [-0.3, -0.25) is 9.59 Å². The van der Waals surface area contributed by atoms with Crippen LogP contribution in [0.4, 0.5) is 5.82 Å². The number of carbonyl (C=O) groups is 1. The van der Waals surface area contributed by atoms with E-state index in [9.17, 15) is 9.59 Å². The molecule has 3 heterocycles. The lowest BCUT2D eigenvalue weighted by molar-refractivity contribution is 0.0771. The highest BCUT2D eigenvalue weighted by Gasteiger charge is 2.29. The molecule has 1 atom stereocenters. The van der Waals surface area contributed by atoms with E-state index >= 15 is 0 Å². The zero-order chi connectivity index (χ0) is 18.0. The van der Waals surface area contributed by atoms with Gasteiger partial charge in [0.15, 0.2) is 11.6 Å². The Balaban J connectivity index is 1.70. The van der Waals surface area contributed by atoms with Crippen molar-refractivity contribution in [2.75, 3.05) is 32.1 Å². The second-order valence-corrected chi connectivity index (χ2v) is 6.36. The summed E-state index contributed by atoms with van der Waals surface area (Å²) < 4.78 is 6.08. The number of aryl methyl sites for hydroxylation is 1. The number of anilines is 1.